The van der Waals surface area contributed by atoms with Crippen molar-refractivity contribution in [3.05, 3.63) is 105 Å². The number of carbonyl (C=O) groups is 2. The summed E-state index contributed by atoms with van der Waals surface area (Å²) >= 11 is 1.70. The van der Waals surface area contributed by atoms with Crippen LogP contribution in [0.2, 0.25) is 0 Å². The number of halogens is 1. The summed E-state index contributed by atoms with van der Waals surface area (Å²) < 4.78 is 13.7. The first kappa shape index (κ1) is 21.9. The molecule has 3 heterocycles. The molecule has 176 valence electrons. The van der Waals surface area contributed by atoms with Crippen molar-refractivity contribution >= 4 is 34.8 Å². The van der Waals surface area contributed by atoms with Crippen LogP contribution in [0.3, 0.4) is 0 Å². The first-order chi connectivity index (χ1) is 16.9. The molecular weight excluding hydrogens is 469 g/mol. The molecule has 3 aliphatic rings. The number of amides is 1. The lowest BCUT2D eigenvalue weighted by molar-refractivity contribution is -0.384. The minimum atomic E-state index is -1.23. The highest BCUT2D eigenvalue weighted by molar-refractivity contribution is 7.99. The molecule has 1 spiro atoms. The number of rotatable bonds is 4. The SMILES string of the molecule is O=C(c1ccc(F)cc1)[C@@H]1[C@@H](c2ccc([N+](=O)[O-])cc2)[C@@H]2CSCN2[C@@]12C(=O)Nc1ccccc12. The molecule has 3 aromatic rings. The normalized spacial score (nSPS) is 27.0. The predicted octanol–water partition coefficient (Wildman–Crippen LogP) is 4.55. The van der Waals surface area contributed by atoms with Crippen LogP contribution in [0, 0.1) is 21.8 Å². The number of anilines is 1. The Morgan fingerprint density at radius 1 is 1.09 bits per heavy atom. The molecule has 9 heteroatoms. The van der Waals surface area contributed by atoms with Crippen LogP contribution in [-0.2, 0) is 10.3 Å². The fourth-order valence-corrected chi connectivity index (χ4v) is 7.34. The first-order valence-corrected chi connectivity index (χ1v) is 12.4. The molecule has 6 rings (SSSR count). The van der Waals surface area contributed by atoms with Gasteiger partial charge >= 0.3 is 0 Å². The molecule has 0 aromatic heterocycles. The van der Waals surface area contributed by atoms with Crippen molar-refractivity contribution in [2.75, 3.05) is 16.9 Å². The van der Waals surface area contributed by atoms with Crippen molar-refractivity contribution in [3.63, 3.8) is 0 Å². The number of fused-ring (bicyclic) bond motifs is 4. The van der Waals surface area contributed by atoms with E-state index in [0.29, 0.717) is 22.9 Å². The Hall–Kier alpha value is -3.56. The summed E-state index contributed by atoms with van der Waals surface area (Å²) in [5.74, 6) is -0.856. The number of nitrogens with zero attached hydrogens (tertiary/aromatic N) is 2. The number of para-hydroxylation sites is 1. The summed E-state index contributed by atoms with van der Waals surface area (Å²) in [5.41, 5.74) is 1.25. The average molecular weight is 490 g/mol. The van der Waals surface area contributed by atoms with E-state index in [2.05, 4.69) is 10.2 Å². The largest absolute Gasteiger partial charge is 0.324 e. The van der Waals surface area contributed by atoms with Gasteiger partial charge in [-0.05, 0) is 35.9 Å². The van der Waals surface area contributed by atoms with Crippen LogP contribution >= 0.6 is 11.8 Å². The summed E-state index contributed by atoms with van der Waals surface area (Å²) in [4.78, 5) is 41.0. The number of nitro groups is 1. The van der Waals surface area contributed by atoms with Crippen LogP contribution < -0.4 is 5.32 Å². The molecule has 2 saturated heterocycles. The van der Waals surface area contributed by atoms with E-state index in [9.17, 15) is 24.1 Å². The van der Waals surface area contributed by atoms with Crippen molar-refractivity contribution in [1.82, 2.24) is 4.90 Å². The monoisotopic (exact) mass is 489 g/mol. The second-order valence-electron chi connectivity index (χ2n) is 9.03. The van der Waals surface area contributed by atoms with Gasteiger partial charge in [0, 0.05) is 52.5 Å². The van der Waals surface area contributed by atoms with Crippen LogP contribution in [0.1, 0.15) is 27.4 Å². The summed E-state index contributed by atoms with van der Waals surface area (Å²) in [6.45, 7) is 0. The highest BCUT2D eigenvalue weighted by atomic mass is 32.2. The third-order valence-electron chi connectivity index (χ3n) is 7.43. The fourth-order valence-electron chi connectivity index (χ4n) is 6.02. The topological polar surface area (TPSA) is 92.5 Å². The minimum Gasteiger partial charge on any atom is -0.324 e. The number of ketones is 1. The van der Waals surface area contributed by atoms with Gasteiger partial charge in [0.05, 0.1) is 10.8 Å². The summed E-state index contributed by atoms with van der Waals surface area (Å²) in [6, 6.07) is 18.9. The molecule has 7 nitrogen and oxygen atoms in total. The number of nitrogens with one attached hydrogen (secondary N) is 1. The smallest absolute Gasteiger partial charge is 0.269 e. The van der Waals surface area contributed by atoms with Gasteiger partial charge in [-0.25, -0.2) is 4.39 Å². The van der Waals surface area contributed by atoms with E-state index in [1.54, 1.807) is 23.9 Å². The Labute approximate surface area is 204 Å². The zero-order valence-corrected chi connectivity index (χ0v) is 19.2. The second kappa shape index (κ2) is 8.00. The number of hydrogen-bond acceptors (Lipinski definition) is 6. The molecule has 3 aliphatic heterocycles. The molecule has 35 heavy (non-hydrogen) atoms. The molecule has 0 saturated carbocycles. The highest BCUT2D eigenvalue weighted by Gasteiger charge is 2.69. The zero-order valence-electron chi connectivity index (χ0n) is 18.4. The second-order valence-corrected chi connectivity index (χ2v) is 10.0. The molecular formula is C26H20FN3O4S. The number of carbonyl (C=O) groups excluding carboxylic acids is 2. The van der Waals surface area contributed by atoms with Gasteiger partial charge in [0.1, 0.15) is 11.4 Å². The Balaban J connectivity index is 1.58. The summed E-state index contributed by atoms with van der Waals surface area (Å²) in [5, 5.41) is 14.2. The quantitative estimate of drug-likeness (QED) is 0.328. The first-order valence-electron chi connectivity index (χ1n) is 11.2. The van der Waals surface area contributed by atoms with E-state index >= 15 is 0 Å². The minimum absolute atomic E-state index is 0.0375. The van der Waals surface area contributed by atoms with Crippen LogP contribution in [0.5, 0.6) is 0 Å². The number of thioether (sulfide) groups is 1. The average Bonchev–Trinajstić information content (AvgIpc) is 3.52. The maximum atomic E-state index is 14.2. The number of nitro benzene ring substituents is 1. The lowest BCUT2D eigenvalue weighted by atomic mass is 9.69. The molecule has 1 N–H and O–H groups in total. The third kappa shape index (κ3) is 3.08. The lowest BCUT2D eigenvalue weighted by Gasteiger charge is -2.36. The molecule has 3 aromatic carbocycles. The van der Waals surface area contributed by atoms with Crippen LogP contribution in [-0.4, -0.2) is 39.2 Å². The Morgan fingerprint density at radius 2 is 1.80 bits per heavy atom. The number of Topliss-reactive ketones (excluding diaryl/α,β-unsaturated/α-hetero) is 1. The maximum Gasteiger partial charge on any atom is 0.269 e. The van der Waals surface area contributed by atoms with Crippen molar-refractivity contribution < 1.29 is 18.9 Å². The zero-order chi connectivity index (χ0) is 24.3. The third-order valence-corrected chi connectivity index (χ3v) is 8.47. The number of non-ortho nitro benzene ring substituents is 1. The molecule has 0 radical (unpaired) electrons. The predicted molar refractivity (Wildman–Crippen MR) is 130 cm³/mol. The van der Waals surface area contributed by atoms with Gasteiger partial charge in [0.2, 0.25) is 5.91 Å². The summed E-state index contributed by atoms with van der Waals surface area (Å²) in [6.07, 6.45) is 0. The van der Waals surface area contributed by atoms with Crippen molar-refractivity contribution in [2.24, 2.45) is 5.92 Å². The molecule has 0 bridgehead atoms. The highest BCUT2D eigenvalue weighted by Crippen LogP contribution is 2.61. The van der Waals surface area contributed by atoms with Gasteiger partial charge in [-0.2, -0.15) is 0 Å². The van der Waals surface area contributed by atoms with E-state index in [0.717, 1.165) is 11.1 Å². The molecule has 0 unspecified atom stereocenters. The van der Waals surface area contributed by atoms with Gasteiger partial charge in [0.15, 0.2) is 5.78 Å². The Kier molecular flexibility index (Phi) is 5.01. The van der Waals surface area contributed by atoms with Gasteiger partial charge in [0.25, 0.3) is 5.69 Å². The van der Waals surface area contributed by atoms with Crippen molar-refractivity contribution in [2.45, 2.75) is 17.5 Å². The fraction of sp³-hybridized carbons (Fsp3) is 0.231. The molecule has 4 atom stereocenters. The van der Waals surface area contributed by atoms with Crippen molar-refractivity contribution in [3.8, 4) is 0 Å². The lowest BCUT2D eigenvalue weighted by Crippen LogP contribution is -2.52. The van der Waals surface area contributed by atoms with Gasteiger partial charge < -0.3 is 5.32 Å². The molecule has 0 aliphatic carbocycles. The molecule has 1 amide bonds. The number of benzene rings is 3. The van der Waals surface area contributed by atoms with E-state index < -0.39 is 22.2 Å². The van der Waals surface area contributed by atoms with E-state index in [1.165, 1.54) is 36.4 Å². The Morgan fingerprint density at radius 3 is 2.51 bits per heavy atom. The summed E-state index contributed by atoms with van der Waals surface area (Å²) in [7, 11) is 0. The standard InChI is InChI=1S/C26H20FN3O4S/c27-17-9-5-16(6-10-17)24(31)23-22(15-7-11-18(12-8-15)30(33)34)21-13-35-14-29(21)26(23)19-3-1-2-4-20(19)28-25(26)32/h1-12,21-23H,13-14H2,(H,28,32)/t21-,22-,23-,26+/m0/s1. The van der Waals surface area contributed by atoms with E-state index in [4.69, 9.17) is 0 Å². The van der Waals surface area contributed by atoms with Gasteiger partial charge in [-0.1, -0.05) is 30.3 Å². The van der Waals surface area contributed by atoms with E-state index in [-0.39, 0.29) is 29.3 Å². The van der Waals surface area contributed by atoms with Crippen LogP contribution in [0.15, 0.2) is 72.8 Å². The van der Waals surface area contributed by atoms with Crippen LogP contribution in [0.25, 0.3) is 0 Å². The van der Waals surface area contributed by atoms with Crippen LogP contribution in [0.4, 0.5) is 15.8 Å². The number of hydrogen-bond donors (Lipinski definition) is 1. The maximum absolute atomic E-state index is 14.2. The molecule has 2 fully saturated rings. The van der Waals surface area contributed by atoms with Gasteiger partial charge in [-0.3, -0.25) is 24.6 Å². The van der Waals surface area contributed by atoms with Crippen molar-refractivity contribution in [1.29, 1.82) is 0 Å². The Bertz CT molecular complexity index is 1360. The van der Waals surface area contributed by atoms with Gasteiger partial charge in [-0.15, -0.1) is 11.8 Å². The van der Waals surface area contributed by atoms with E-state index in [1.807, 2.05) is 24.3 Å².